The fourth-order valence-corrected chi connectivity index (χ4v) is 4.08. The van der Waals surface area contributed by atoms with Crippen LogP contribution >= 0.6 is 24.8 Å². The molecule has 0 aliphatic carbocycles. The molecule has 1 aliphatic heterocycles. The van der Waals surface area contributed by atoms with Crippen LogP contribution in [-0.4, -0.2) is 62.6 Å². The number of carbonyl (C=O) groups is 1. The van der Waals surface area contributed by atoms with E-state index in [2.05, 4.69) is 16.3 Å². The zero-order valence-corrected chi connectivity index (χ0v) is 18.4. The molecule has 1 saturated heterocycles. The lowest BCUT2D eigenvalue weighted by Crippen LogP contribution is -2.54. The van der Waals surface area contributed by atoms with E-state index in [9.17, 15) is 13.2 Å². The molecule has 1 aliphatic rings. The van der Waals surface area contributed by atoms with E-state index >= 15 is 0 Å². The first-order chi connectivity index (χ1) is 11.6. The van der Waals surface area contributed by atoms with Crippen LogP contribution in [0, 0.1) is 6.92 Å². The molecule has 1 aromatic carbocycles. The van der Waals surface area contributed by atoms with Gasteiger partial charge in [-0.1, -0.05) is 12.1 Å². The number of halogens is 2. The Morgan fingerprint density at radius 1 is 1.19 bits per heavy atom. The number of hydrogen-bond donors (Lipinski definition) is 2. The average Bonchev–Trinajstić information content (AvgIpc) is 2.54. The summed E-state index contributed by atoms with van der Waals surface area (Å²) in [6.45, 7) is 7.78. The number of benzene rings is 1. The smallest absolute Gasteiger partial charge is 0.237 e. The van der Waals surface area contributed by atoms with Crippen molar-refractivity contribution in [1.82, 2.24) is 9.62 Å². The van der Waals surface area contributed by atoms with Crippen LogP contribution in [0.5, 0.6) is 0 Å². The summed E-state index contributed by atoms with van der Waals surface area (Å²) in [6, 6.07) is 8.15. The second-order valence-corrected chi connectivity index (χ2v) is 9.09. The minimum Gasteiger partial charge on any atom is -0.369 e. The van der Waals surface area contributed by atoms with Crippen LogP contribution in [0.15, 0.2) is 24.3 Å². The number of nitrogens with one attached hydrogen (secondary N) is 1. The van der Waals surface area contributed by atoms with Crippen molar-refractivity contribution >= 4 is 46.4 Å². The van der Waals surface area contributed by atoms with Gasteiger partial charge in [-0.15, -0.1) is 24.8 Å². The number of piperazine rings is 1. The Kier molecular flexibility index (Phi) is 10.1. The summed E-state index contributed by atoms with van der Waals surface area (Å²) in [5.74, 6) is -1.06. The first-order valence-electron chi connectivity index (χ1n) is 8.43. The van der Waals surface area contributed by atoms with E-state index in [1.165, 1.54) is 9.87 Å². The molecule has 1 heterocycles. The Balaban J connectivity index is 0.00000338. The molecule has 0 unspecified atom stereocenters. The molecule has 1 amide bonds. The van der Waals surface area contributed by atoms with Crippen molar-refractivity contribution in [1.29, 1.82) is 0 Å². The zero-order valence-electron chi connectivity index (χ0n) is 16.0. The molecule has 10 heteroatoms. The summed E-state index contributed by atoms with van der Waals surface area (Å²) >= 11 is 0. The summed E-state index contributed by atoms with van der Waals surface area (Å²) in [5.41, 5.74) is 7.22. The number of amides is 1. The number of anilines is 1. The van der Waals surface area contributed by atoms with Gasteiger partial charge in [-0.3, -0.25) is 4.79 Å². The minimum atomic E-state index is -3.62. The molecular weight excluding hydrogens is 411 g/mol. The third-order valence-corrected chi connectivity index (χ3v) is 6.08. The molecule has 3 N–H and O–H groups in total. The maximum absolute atomic E-state index is 12.5. The van der Waals surface area contributed by atoms with Crippen LogP contribution in [-0.2, 0) is 14.8 Å². The molecule has 2 rings (SSSR count). The lowest BCUT2D eigenvalue weighted by molar-refractivity contribution is -0.120. The predicted molar refractivity (Wildman–Crippen MR) is 115 cm³/mol. The molecule has 0 saturated carbocycles. The third-order valence-electron chi connectivity index (χ3n) is 4.30. The van der Waals surface area contributed by atoms with Crippen molar-refractivity contribution in [2.45, 2.75) is 26.3 Å². The molecule has 27 heavy (non-hydrogen) atoms. The number of aryl methyl sites for hydroxylation is 1. The van der Waals surface area contributed by atoms with Crippen LogP contribution in [0.25, 0.3) is 0 Å². The second-order valence-electron chi connectivity index (χ2n) is 7.12. The molecule has 0 spiro atoms. The Hall–Kier alpha value is -1.06. The van der Waals surface area contributed by atoms with Crippen molar-refractivity contribution in [2.24, 2.45) is 5.73 Å². The average molecular weight is 441 g/mol. The Morgan fingerprint density at radius 2 is 1.78 bits per heavy atom. The maximum Gasteiger partial charge on any atom is 0.237 e. The fraction of sp³-hybridized carbons (Fsp3) is 0.588. The van der Waals surface area contributed by atoms with Crippen molar-refractivity contribution in [3.05, 3.63) is 29.8 Å². The van der Waals surface area contributed by atoms with Crippen LogP contribution in [0.3, 0.4) is 0 Å². The molecule has 7 nitrogen and oxygen atoms in total. The van der Waals surface area contributed by atoms with E-state index in [-0.39, 0.29) is 31.4 Å². The molecule has 0 radical (unpaired) electrons. The summed E-state index contributed by atoms with van der Waals surface area (Å²) in [6.07, 6.45) is 0. The first-order valence-corrected chi connectivity index (χ1v) is 10.0. The number of rotatable bonds is 6. The number of sulfonamides is 1. The van der Waals surface area contributed by atoms with E-state index in [1.807, 2.05) is 25.1 Å². The van der Waals surface area contributed by atoms with Gasteiger partial charge in [0.25, 0.3) is 0 Å². The number of nitrogens with two attached hydrogens (primary N) is 1. The summed E-state index contributed by atoms with van der Waals surface area (Å²) < 4.78 is 26.4. The van der Waals surface area contributed by atoms with E-state index < -0.39 is 27.2 Å². The largest absolute Gasteiger partial charge is 0.369 e. The van der Waals surface area contributed by atoms with E-state index in [1.54, 1.807) is 13.8 Å². The van der Waals surface area contributed by atoms with Gasteiger partial charge in [-0.2, -0.15) is 4.31 Å². The molecule has 0 atom stereocenters. The quantitative estimate of drug-likeness (QED) is 0.691. The van der Waals surface area contributed by atoms with Gasteiger partial charge in [0.2, 0.25) is 15.9 Å². The highest BCUT2D eigenvalue weighted by Crippen LogP contribution is 2.19. The zero-order chi connectivity index (χ0) is 18.7. The van der Waals surface area contributed by atoms with Crippen LogP contribution in [0.1, 0.15) is 19.4 Å². The molecule has 156 valence electrons. The minimum absolute atomic E-state index is 0. The van der Waals surface area contributed by atoms with Gasteiger partial charge in [0.1, 0.15) is 5.75 Å². The Bertz CT molecular complexity index is 721. The van der Waals surface area contributed by atoms with E-state index in [4.69, 9.17) is 5.73 Å². The van der Waals surface area contributed by atoms with Crippen molar-refractivity contribution < 1.29 is 13.2 Å². The van der Waals surface area contributed by atoms with Crippen LogP contribution in [0.2, 0.25) is 0 Å². The highest BCUT2D eigenvalue weighted by Gasteiger charge is 2.30. The van der Waals surface area contributed by atoms with Crippen molar-refractivity contribution in [3.63, 3.8) is 0 Å². The molecular formula is C17H30Cl2N4O3S. The Labute approximate surface area is 174 Å². The Morgan fingerprint density at radius 3 is 2.30 bits per heavy atom. The molecule has 1 fully saturated rings. The second kappa shape index (κ2) is 10.5. The normalized spacial score (nSPS) is 15.5. The third kappa shape index (κ3) is 7.46. The van der Waals surface area contributed by atoms with Gasteiger partial charge in [-0.25, -0.2) is 8.42 Å². The van der Waals surface area contributed by atoms with Crippen molar-refractivity contribution in [3.8, 4) is 0 Å². The van der Waals surface area contributed by atoms with Gasteiger partial charge < -0.3 is 16.0 Å². The number of hydrogen-bond acceptors (Lipinski definition) is 5. The monoisotopic (exact) mass is 440 g/mol. The van der Waals surface area contributed by atoms with Crippen LogP contribution < -0.4 is 16.0 Å². The standard InChI is InChI=1S/C17H28N4O3S.2ClH/c1-14-5-4-6-15(11-14)20-7-9-21(10-8-20)25(23,24)12-16(22)19-17(2,3)13-18;;/h4-6,11H,7-10,12-13,18H2,1-3H3,(H,19,22);2*1H. The number of nitrogens with zero attached hydrogens (tertiary/aromatic N) is 2. The first kappa shape index (κ1) is 25.9. The maximum atomic E-state index is 12.5. The fourth-order valence-electron chi connectivity index (χ4n) is 2.77. The SMILES string of the molecule is Cc1cccc(N2CCN(S(=O)(=O)CC(=O)NC(C)(C)CN)CC2)c1.Cl.Cl. The van der Waals surface area contributed by atoms with Gasteiger partial charge >= 0.3 is 0 Å². The van der Waals surface area contributed by atoms with Gasteiger partial charge in [0, 0.05) is 44.0 Å². The summed E-state index contributed by atoms with van der Waals surface area (Å²) in [7, 11) is -3.62. The summed E-state index contributed by atoms with van der Waals surface area (Å²) in [5, 5.41) is 2.66. The lowest BCUT2D eigenvalue weighted by atomic mass is 10.1. The lowest BCUT2D eigenvalue weighted by Gasteiger charge is -2.35. The van der Waals surface area contributed by atoms with E-state index in [0.29, 0.717) is 26.2 Å². The van der Waals surface area contributed by atoms with Gasteiger partial charge in [-0.05, 0) is 38.5 Å². The topological polar surface area (TPSA) is 95.7 Å². The summed E-state index contributed by atoms with van der Waals surface area (Å²) in [4.78, 5) is 14.2. The number of carbonyl (C=O) groups excluding carboxylic acids is 1. The molecule has 0 aromatic heterocycles. The van der Waals surface area contributed by atoms with Crippen LogP contribution in [0.4, 0.5) is 5.69 Å². The van der Waals surface area contributed by atoms with Gasteiger partial charge in [0.15, 0.2) is 0 Å². The van der Waals surface area contributed by atoms with Gasteiger partial charge in [0.05, 0.1) is 0 Å². The highest BCUT2D eigenvalue weighted by atomic mass is 35.5. The van der Waals surface area contributed by atoms with Crippen molar-refractivity contribution in [2.75, 3.05) is 43.4 Å². The predicted octanol–water partition coefficient (Wildman–Crippen LogP) is 1.14. The highest BCUT2D eigenvalue weighted by molar-refractivity contribution is 7.89. The molecule has 1 aromatic rings. The van der Waals surface area contributed by atoms with E-state index in [0.717, 1.165) is 5.69 Å². The molecule has 0 bridgehead atoms.